The fourth-order valence-corrected chi connectivity index (χ4v) is 1.27. The van der Waals surface area contributed by atoms with E-state index >= 15 is 0 Å². The van der Waals surface area contributed by atoms with Crippen molar-refractivity contribution in [2.24, 2.45) is 0 Å². The summed E-state index contributed by atoms with van der Waals surface area (Å²) in [5, 5.41) is 0. The van der Waals surface area contributed by atoms with Crippen molar-refractivity contribution in [3.63, 3.8) is 0 Å². The van der Waals surface area contributed by atoms with Crippen LogP contribution in [0.4, 0.5) is 13.2 Å². The highest BCUT2D eigenvalue weighted by molar-refractivity contribution is 6.19. The van der Waals surface area contributed by atoms with Gasteiger partial charge in [-0.1, -0.05) is 17.9 Å². The molecule has 104 valence electrons. The highest BCUT2D eigenvalue weighted by Crippen LogP contribution is 2.15. The molecule has 0 aliphatic rings. The van der Waals surface area contributed by atoms with E-state index in [1.165, 1.54) is 0 Å². The molecular formula is C13H12ClF3O2. The van der Waals surface area contributed by atoms with E-state index in [-0.39, 0.29) is 19.1 Å². The van der Waals surface area contributed by atoms with Gasteiger partial charge in [0.1, 0.15) is 19.0 Å². The summed E-state index contributed by atoms with van der Waals surface area (Å²) in [6.07, 6.45) is -4.31. The van der Waals surface area contributed by atoms with E-state index in [1.807, 2.05) is 0 Å². The number of hydrogen-bond donors (Lipinski definition) is 0. The number of halogens is 4. The second kappa shape index (κ2) is 7.93. The van der Waals surface area contributed by atoms with Gasteiger partial charge in [-0.3, -0.25) is 0 Å². The Kier molecular flexibility index (Phi) is 6.54. The summed E-state index contributed by atoms with van der Waals surface area (Å²) in [4.78, 5) is 0. The van der Waals surface area contributed by atoms with Crippen LogP contribution in [0, 0.1) is 11.8 Å². The lowest BCUT2D eigenvalue weighted by atomic mass is 10.2. The Labute approximate surface area is 114 Å². The van der Waals surface area contributed by atoms with Gasteiger partial charge in [0.05, 0.1) is 12.5 Å². The van der Waals surface area contributed by atoms with E-state index < -0.39 is 12.8 Å². The third-order valence-corrected chi connectivity index (χ3v) is 2.03. The van der Waals surface area contributed by atoms with Crippen molar-refractivity contribution < 1.29 is 22.6 Å². The Morgan fingerprint density at radius 3 is 2.68 bits per heavy atom. The Balaban J connectivity index is 2.33. The van der Waals surface area contributed by atoms with Crippen LogP contribution in [0.3, 0.4) is 0 Å². The minimum Gasteiger partial charge on any atom is -0.491 e. The van der Waals surface area contributed by atoms with Crippen LogP contribution in [0.15, 0.2) is 24.3 Å². The maximum Gasteiger partial charge on any atom is 0.411 e. The molecule has 6 heteroatoms. The van der Waals surface area contributed by atoms with Crippen LogP contribution in [0.2, 0.25) is 0 Å². The molecule has 0 spiro atoms. The van der Waals surface area contributed by atoms with Crippen molar-refractivity contribution in [2.45, 2.75) is 6.18 Å². The van der Waals surface area contributed by atoms with Crippen LogP contribution in [-0.2, 0) is 4.74 Å². The van der Waals surface area contributed by atoms with E-state index in [1.54, 1.807) is 24.3 Å². The topological polar surface area (TPSA) is 18.5 Å². The van der Waals surface area contributed by atoms with Gasteiger partial charge in [-0.05, 0) is 18.2 Å². The zero-order valence-electron chi connectivity index (χ0n) is 9.97. The quantitative estimate of drug-likeness (QED) is 0.471. The summed E-state index contributed by atoms with van der Waals surface area (Å²) in [5.74, 6) is 6.27. The molecule has 0 atom stereocenters. The van der Waals surface area contributed by atoms with Crippen molar-refractivity contribution in [2.75, 3.05) is 25.7 Å². The highest BCUT2D eigenvalue weighted by Gasteiger charge is 2.27. The molecule has 0 saturated carbocycles. The molecule has 2 nitrogen and oxygen atoms in total. The number of alkyl halides is 4. The van der Waals surface area contributed by atoms with Gasteiger partial charge in [-0.15, -0.1) is 11.6 Å². The Morgan fingerprint density at radius 1 is 1.21 bits per heavy atom. The first kappa shape index (κ1) is 15.7. The molecule has 0 aromatic heterocycles. The molecule has 1 aromatic rings. The molecule has 1 rings (SSSR count). The van der Waals surface area contributed by atoms with Crippen LogP contribution in [0.5, 0.6) is 5.75 Å². The number of ether oxygens (including phenoxy) is 2. The molecule has 0 amide bonds. The van der Waals surface area contributed by atoms with E-state index in [0.717, 1.165) is 5.56 Å². The molecule has 0 radical (unpaired) electrons. The third-order valence-electron chi connectivity index (χ3n) is 1.90. The van der Waals surface area contributed by atoms with Crippen LogP contribution in [0.1, 0.15) is 5.56 Å². The molecule has 0 heterocycles. The molecule has 0 aliphatic heterocycles. The van der Waals surface area contributed by atoms with Gasteiger partial charge >= 0.3 is 6.18 Å². The van der Waals surface area contributed by atoms with Crippen LogP contribution in [0.25, 0.3) is 0 Å². The lowest BCUT2D eigenvalue weighted by molar-refractivity contribution is -0.175. The molecule has 19 heavy (non-hydrogen) atoms. The molecule has 0 fully saturated rings. The van der Waals surface area contributed by atoms with E-state index in [2.05, 4.69) is 16.6 Å². The predicted molar refractivity (Wildman–Crippen MR) is 66.4 cm³/mol. The molecule has 0 N–H and O–H groups in total. The van der Waals surface area contributed by atoms with Crippen LogP contribution >= 0.6 is 11.6 Å². The van der Waals surface area contributed by atoms with Crippen LogP contribution < -0.4 is 4.74 Å². The van der Waals surface area contributed by atoms with Gasteiger partial charge in [-0.2, -0.15) is 13.2 Å². The molecule has 1 aromatic carbocycles. The largest absolute Gasteiger partial charge is 0.491 e. The zero-order valence-corrected chi connectivity index (χ0v) is 10.7. The van der Waals surface area contributed by atoms with Gasteiger partial charge < -0.3 is 9.47 Å². The van der Waals surface area contributed by atoms with E-state index in [0.29, 0.717) is 5.75 Å². The second-order valence-electron chi connectivity index (χ2n) is 3.48. The summed E-state index contributed by atoms with van der Waals surface area (Å²) < 4.78 is 45.0. The summed E-state index contributed by atoms with van der Waals surface area (Å²) in [6, 6.07) is 6.90. The molecule has 0 aliphatic carbocycles. The number of hydrogen-bond acceptors (Lipinski definition) is 2. The summed E-state index contributed by atoms with van der Waals surface area (Å²) >= 11 is 5.43. The third kappa shape index (κ3) is 7.60. The monoisotopic (exact) mass is 292 g/mol. The fraction of sp³-hybridized carbons (Fsp3) is 0.385. The Morgan fingerprint density at radius 2 is 2.00 bits per heavy atom. The maximum atomic E-state index is 11.8. The first-order valence-electron chi connectivity index (χ1n) is 5.43. The van der Waals surface area contributed by atoms with Crippen molar-refractivity contribution in [1.29, 1.82) is 0 Å². The number of benzene rings is 1. The normalized spacial score (nSPS) is 10.7. The molecule has 0 bridgehead atoms. The van der Waals surface area contributed by atoms with E-state index in [9.17, 15) is 13.2 Å². The second-order valence-corrected chi connectivity index (χ2v) is 3.75. The minimum atomic E-state index is -4.31. The first-order valence-corrected chi connectivity index (χ1v) is 5.97. The smallest absolute Gasteiger partial charge is 0.411 e. The first-order chi connectivity index (χ1) is 9.01. The molecule has 0 saturated heterocycles. The number of rotatable bonds is 5. The Bertz CT molecular complexity index is 449. The zero-order chi connectivity index (χ0) is 14.1. The van der Waals surface area contributed by atoms with Gasteiger partial charge in [0.15, 0.2) is 0 Å². The van der Waals surface area contributed by atoms with E-state index in [4.69, 9.17) is 16.3 Å². The van der Waals surface area contributed by atoms with Crippen molar-refractivity contribution in [1.82, 2.24) is 0 Å². The SMILES string of the molecule is FC(F)(F)COCCOc1cccc(C#CCCl)c1. The summed E-state index contributed by atoms with van der Waals surface area (Å²) in [6.45, 7) is -1.35. The average molecular weight is 293 g/mol. The van der Waals surface area contributed by atoms with Gasteiger partial charge in [0, 0.05) is 5.56 Å². The lowest BCUT2D eigenvalue weighted by Gasteiger charge is -2.09. The maximum absolute atomic E-state index is 11.8. The minimum absolute atomic E-state index is 0.0441. The predicted octanol–water partition coefficient (Wildman–Crippen LogP) is 3.23. The van der Waals surface area contributed by atoms with Gasteiger partial charge in [-0.25, -0.2) is 0 Å². The highest BCUT2D eigenvalue weighted by atomic mass is 35.5. The van der Waals surface area contributed by atoms with Crippen LogP contribution in [-0.4, -0.2) is 31.9 Å². The standard InChI is InChI=1S/C13H12ClF3O2/c14-6-2-4-11-3-1-5-12(9-11)19-8-7-18-10-13(15,16)17/h1,3,5,9H,6-8,10H2. The summed E-state index contributed by atoms with van der Waals surface area (Å²) in [7, 11) is 0. The summed E-state index contributed by atoms with van der Waals surface area (Å²) in [5.41, 5.74) is 0.731. The average Bonchev–Trinajstić information content (AvgIpc) is 2.35. The molecule has 0 unspecified atom stereocenters. The van der Waals surface area contributed by atoms with Crippen molar-refractivity contribution >= 4 is 11.6 Å². The lowest BCUT2D eigenvalue weighted by Crippen LogP contribution is -2.19. The molecular weight excluding hydrogens is 281 g/mol. The van der Waals surface area contributed by atoms with Gasteiger partial charge in [0.2, 0.25) is 0 Å². The Hall–Kier alpha value is -1.38. The fourth-order valence-electron chi connectivity index (χ4n) is 1.21. The van der Waals surface area contributed by atoms with Crippen molar-refractivity contribution in [3.8, 4) is 17.6 Å². The van der Waals surface area contributed by atoms with Gasteiger partial charge in [0.25, 0.3) is 0 Å². The van der Waals surface area contributed by atoms with Crippen molar-refractivity contribution in [3.05, 3.63) is 29.8 Å².